The van der Waals surface area contributed by atoms with Gasteiger partial charge in [-0.2, -0.15) is 0 Å². The van der Waals surface area contributed by atoms with Crippen LogP contribution in [0.2, 0.25) is 0 Å². The van der Waals surface area contributed by atoms with Crippen molar-refractivity contribution in [1.82, 2.24) is 9.97 Å². The van der Waals surface area contributed by atoms with Crippen LogP contribution in [-0.4, -0.2) is 16.5 Å². The van der Waals surface area contributed by atoms with E-state index in [0.717, 1.165) is 23.8 Å². The summed E-state index contributed by atoms with van der Waals surface area (Å²) in [6.07, 6.45) is 7.46. The zero-order valence-corrected chi connectivity index (χ0v) is 12.5. The van der Waals surface area contributed by atoms with E-state index in [2.05, 4.69) is 40.4 Å². The molecule has 0 unspecified atom stereocenters. The fourth-order valence-corrected chi connectivity index (χ4v) is 3.35. The van der Waals surface area contributed by atoms with Gasteiger partial charge in [-0.1, -0.05) is 6.07 Å². The summed E-state index contributed by atoms with van der Waals surface area (Å²) in [4.78, 5) is 10.1. The molecule has 0 bridgehead atoms. The van der Waals surface area contributed by atoms with Crippen LogP contribution in [0.15, 0.2) is 35.5 Å². The van der Waals surface area contributed by atoms with Crippen LogP contribution >= 0.6 is 11.8 Å². The van der Waals surface area contributed by atoms with E-state index in [9.17, 15) is 0 Å². The van der Waals surface area contributed by atoms with Crippen molar-refractivity contribution < 1.29 is 0 Å². The summed E-state index contributed by atoms with van der Waals surface area (Å²) >= 11 is 1.84. The van der Waals surface area contributed by atoms with Crippen LogP contribution in [-0.2, 0) is 18.6 Å². The number of rotatable bonds is 5. The molecule has 0 saturated heterocycles. The number of benzene rings is 1. The summed E-state index contributed by atoms with van der Waals surface area (Å²) in [6, 6.07) is 6.85. The molecule has 4 heteroatoms. The second-order valence-electron chi connectivity index (χ2n) is 5.00. The Morgan fingerprint density at radius 3 is 2.85 bits per heavy atom. The zero-order chi connectivity index (χ0) is 13.8. The van der Waals surface area contributed by atoms with Gasteiger partial charge in [-0.25, -0.2) is 4.98 Å². The van der Waals surface area contributed by atoms with Crippen molar-refractivity contribution in [2.75, 3.05) is 11.9 Å². The van der Waals surface area contributed by atoms with Crippen LogP contribution in [0.3, 0.4) is 0 Å². The van der Waals surface area contributed by atoms with Crippen LogP contribution in [0.25, 0.3) is 0 Å². The highest BCUT2D eigenvalue weighted by molar-refractivity contribution is 7.98. The quantitative estimate of drug-likeness (QED) is 0.850. The Morgan fingerprint density at radius 1 is 1.15 bits per heavy atom. The van der Waals surface area contributed by atoms with Gasteiger partial charge >= 0.3 is 0 Å². The molecule has 104 valence electrons. The molecule has 0 aliphatic heterocycles. The molecule has 20 heavy (non-hydrogen) atoms. The van der Waals surface area contributed by atoms with Gasteiger partial charge in [-0.05, 0) is 49.4 Å². The highest BCUT2D eigenvalue weighted by Gasteiger charge is 2.11. The molecular weight excluding hydrogens is 266 g/mol. The molecule has 0 radical (unpaired) electrons. The summed E-state index contributed by atoms with van der Waals surface area (Å²) in [5.74, 6) is 1.72. The molecule has 1 aromatic heterocycles. The predicted molar refractivity (Wildman–Crippen MR) is 84.2 cm³/mol. The molecule has 0 atom stereocenters. The van der Waals surface area contributed by atoms with E-state index < -0.39 is 0 Å². The maximum Gasteiger partial charge on any atom is 0.144 e. The molecule has 1 aliphatic rings. The third-order valence-corrected chi connectivity index (χ3v) is 4.55. The monoisotopic (exact) mass is 285 g/mol. The van der Waals surface area contributed by atoms with Crippen molar-refractivity contribution in [3.63, 3.8) is 0 Å². The van der Waals surface area contributed by atoms with Crippen molar-refractivity contribution in [1.29, 1.82) is 0 Å². The molecule has 1 aromatic carbocycles. The summed E-state index contributed by atoms with van der Waals surface area (Å²) < 4.78 is 0. The third-order valence-electron chi connectivity index (χ3n) is 3.52. The Balaban J connectivity index is 1.61. The van der Waals surface area contributed by atoms with E-state index in [1.165, 1.54) is 35.3 Å². The lowest BCUT2D eigenvalue weighted by atomic mass is 10.1. The van der Waals surface area contributed by atoms with Gasteiger partial charge in [0.25, 0.3) is 0 Å². The average Bonchev–Trinajstić information content (AvgIpc) is 2.94. The number of nitrogens with one attached hydrogen (secondary N) is 1. The van der Waals surface area contributed by atoms with Gasteiger partial charge < -0.3 is 5.32 Å². The van der Waals surface area contributed by atoms with Crippen LogP contribution in [0.5, 0.6) is 0 Å². The number of thioether (sulfide) groups is 1. The fourth-order valence-electron chi connectivity index (χ4n) is 2.50. The van der Waals surface area contributed by atoms with Gasteiger partial charge in [0.2, 0.25) is 0 Å². The predicted octanol–water partition coefficient (Wildman–Crippen LogP) is 3.69. The SMILES string of the molecule is CCNc1cnc(CSc2ccc3c(c2)CCC3)cn1. The van der Waals surface area contributed by atoms with Crippen LogP contribution in [0.4, 0.5) is 5.82 Å². The summed E-state index contributed by atoms with van der Waals surface area (Å²) in [5.41, 5.74) is 4.09. The molecular formula is C16H19N3S. The van der Waals surface area contributed by atoms with E-state index in [-0.39, 0.29) is 0 Å². The molecule has 3 rings (SSSR count). The van der Waals surface area contributed by atoms with Crippen LogP contribution in [0.1, 0.15) is 30.2 Å². The first kappa shape index (κ1) is 13.4. The molecule has 0 spiro atoms. The zero-order valence-electron chi connectivity index (χ0n) is 11.7. The van der Waals surface area contributed by atoms with Crippen LogP contribution < -0.4 is 5.32 Å². The fraction of sp³-hybridized carbons (Fsp3) is 0.375. The Bertz CT molecular complexity index is 581. The minimum atomic E-state index is 0.846. The summed E-state index contributed by atoms with van der Waals surface area (Å²) in [5, 5.41) is 3.16. The van der Waals surface area contributed by atoms with Gasteiger partial charge in [-0.15, -0.1) is 11.8 Å². The number of fused-ring (bicyclic) bond motifs is 1. The average molecular weight is 285 g/mol. The number of aromatic nitrogens is 2. The van der Waals surface area contributed by atoms with Crippen molar-refractivity contribution in [3.05, 3.63) is 47.4 Å². The molecule has 0 fully saturated rings. The van der Waals surface area contributed by atoms with Gasteiger partial charge in [0.15, 0.2) is 0 Å². The first-order valence-electron chi connectivity index (χ1n) is 7.14. The number of hydrogen-bond acceptors (Lipinski definition) is 4. The van der Waals surface area contributed by atoms with E-state index >= 15 is 0 Å². The maximum absolute atomic E-state index is 4.44. The van der Waals surface area contributed by atoms with Gasteiger partial charge in [0.05, 0.1) is 18.1 Å². The Hall–Kier alpha value is -1.55. The molecule has 1 N–H and O–H groups in total. The van der Waals surface area contributed by atoms with E-state index in [0.29, 0.717) is 0 Å². The number of hydrogen-bond donors (Lipinski definition) is 1. The van der Waals surface area contributed by atoms with Crippen LogP contribution in [0, 0.1) is 0 Å². The van der Waals surface area contributed by atoms with Gasteiger partial charge in [0.1, 0.15) is 5.82 Å². The molecule has 1 aliphatic carbocycles. The summed E-state index contributed by atoms with van der Waals surface area (Å²) in [6.45, 7) is 2.93. The third kappa shape index (κ3) is 3.12. The lowest BCUT2D eigenvalue weighted by molar-refractivity contribution is 0.911. The molecule has 2 aromatic rings. The lowest BCUT2D eigenvalue weighted by Gasteiger charge is -2.05. The van der Waals surface area contributed by atoms with Gasteiger partial charge in [-0.3, -0.25) is 4.98 Å². The Labute approximate surface area is 124 Å². The highest BCUT2D eigenvalue weighted by atomic mass is 32.2. The smallest absolute Gasteiger partial charge is 0.144 e. The molecule has 3 nitrogen and oxygen atoms in total. The highest BCUT2D eigenvalue weighted by Crippen LogP contribution is 2.28. The number of aryl methyl sites for hydroxylation is 2. The first-order valence-corrected chi connectivity index (χ1v) is 8.13. The topological polar surface area (TPSA) is 37.8 Å². The van der Waals surface area contributed by atoms with Crippen molar-refractivity contribution in [2.45, 2.75) is 36.8 Å². The number of nitrogens with zero attached hydrogens (tertiary/aromatic N) is 2. The van der Waals surface area contributed by atoms with E-state index in [1.54, 1.807) is 0 Å². The van der Waals surface area contributed by atoms with Gasteiger partial charge in [0, 0.05) is 17.2 Å². The van der Waals surface area contributed by atoms with Crippen molar-refractivity contribution >= 4 is 17.6 Å². The Morgan fingerprint density at radius 2 is 2.05 bits per heavy atom. The molecule has 1 heterocycles. The molecule has 0 amide bonds. The van der Waals surface area contributed by atoms with Crippen molar-refractivity contribution in [3.8, 4) is 0 Å². The minimum Gasteiger partial charge on any atom is -0.369 e. The first-order chi connectivity index (χ1) is 9.85. The second kappa shape index (κ2) is 6.27. The second-order valence-corrected chi connectivity index (χ2v) is 6.04. The van der Waals surface area contributed by atoms with E-state index in [1.807, 2.05) is 24.2 Å². The number of anilines is 1. The maximum atomic E-state index is 4.44. The largest absolute Gasteiger partial charge is 0.369 e. The lowest BCUT2D eigenvalue weighted by Crippen LogP contribution is -2.00. The Kier molecular flexibility index (Phi) is 4.21. The van der Waals surface area contributed by atoms with Crippen molar-refractivity contribution in [2.24, 2.45) is 0 Å². The standard InChI is InChI=1S/C16H19N3S/c1-2-17-16-10-18-14(9-19-16)11-20-15-7-6-12-4-3-5-13(12)8-15/h6-10H,2-5,11H2,1H3,(H,17,19). The molecule has 0 saturated carbocycles. The normalized spacial score (nSPS) is 13.2. The minimum absolute atomic E-state index is 0.846. The van der Waals surface area contributed by atoms with E-state index in [4.69, 9.17) is 0 Å². The summed E-state index contributed by atoms with van der Waals surface area (Å²) in [7, 11) is 0.